The molecule has 0 aliphatic carbocycles. The predicted molar refractivity (Wildman–Crippen MR) is 114 cm³/mol. The van der Waals surface area contributed by atoms with Gasteiger partial charge in [-0.1, -0.05) is 42.5 Å². The molecule has 7 nitrogen and oxygen atoms in total. The van der Waals surface area contributed by atoms with E-state index in [9.17, 15) is 19.7 Å². The normalized spacial score (nSPS) is 15.2. The van der Waals surface area contributed by atoms with Crippen molar-refractivity contribution in [1.82, 2.24) is 4.90 Å². The smallest absolute Gasteiger partial charge is 0.293 e. The first-order valence-electron chi connectivity index (χ1n) is 9.15. The van der Waals surface area contributed by atoms with Crippen molar-refractivity contribution in [3.63, 3.8) is 0 Å². The molecule has 3 aromatic rings. The summed E-state index contributed by atoms with van der Waals surface area (Å²) < 4.78 is 5.72. The Hall–Kier alpha value is -3.65. The van der Waals surface area contributed by atoms with E-state index >= 15 is 0 Å². The molecule has 1 aliphatic rings. The highest BCUT2D eigenvalue weighted by molar-refractivity contribution is 8.18. The first-order chi connectivity index (χ1) is 14.5. The largest absolute Gasteiger partial charge is 0.457 e. The molecule has 0 saturated carbocycles. The number of nitro groups is 1. The number of imide groups is 1. The number of hydrogen-bond acceptors (Lipinski definition) is 6. The summed E-state index contributed by atoms with van der Waals surface area (Å²) in [5.74, 6) is 0.479. The molecule has 2 aromatic carbocycles. The average molecular weight is 420 g/mol. The van der Waals surface area contributed by atoms with Gasteiger partial charge >= 0.3 is 0 Å². The van der Waals surface area contributed by atoms with Crippen LogP contribution in [-0.4, -0.2) is 27.5 Å². The van der Waals surface area contributed by atoms with Gasteiger partial charge in [0, 0.05) is 30.3 Å². The minimum absolute atomic E-state index is 0.0371. The van der Waals surface area contributed by atoms with Crippen LogP contribution in [0.25, 0.3) is 17.4 Å². The number of furan rings is 1. The van der Waals surface area contributed by atoms with Gasteiger partial charge in [-0.25, -0.2) is 0 Å². The number of carbonyl (C=O) groups excluding carboxylic acids is 2. The second-order valence-corrected chi connectivity index (χ2v) is 7.57. The lowest BCUT2D eigenvalue weighted by molar-refractivity contribution is -0.384. The zero-order valence-corrected chi connectivity index (χ0v) is 16.5. The van der Waals surface area contributed by atoms with E-state index < -0.39 is 4.92 Å². The molecule has 2 amide bonds. The number of non-ortho nitro benzene ring substituents is 1. The molecule has 0 radical (unpaired) electrons. The summed E-state index contributed by atoms with van der Waals surface area (Å²) >= 11 is 0.872. The third kappa shape index (κ3) is 4.18. The summed E-state index contributed by atoms with van der Waals surface area (Å²) in [6, 6.07) is 19.1. The molecule has 8 heteroatoms. The molecule has 30 heavy (non-hydrogen) atoms. The molecule has 0 N–H and O–H groups in total. The molecule has 4 rings (SSSR count). The van der Waals surface area contributed by atoms with Gasteiger partial charge in [0.2, 0.25) is 0 Å². The van der Waals surface area contributed by atoms with Gasteiger partial charge in [-0.3, -0.25) is 24.6 Å². The van der Waals surface area contributed by atoms with E-state index in [1.165, 1.54) is 23.1 Å². The zero-order chi connectivity index (χ0) is 21.1. The topological polar surface area (TPSA) is 93.7 Å². The summed E-state index contributed by atoms with van der Waals surface area (Å²) in [6.45, 7) is 0.309. The van der Waals surface area contributed by atoms with Crippen LogP contribution in [-0.2, 0) is 11.2 Å². The number of nitro benzene ring substituents is 1. The van der Waals surface area contributed by atoms with E-state index in [4.69, 9.17) is 4.42 Å². The zero-order valence-electron chi connectivity index (χ0n) is 15.7. The van der Waals surface area contributed by atoms with E-state index in [-0.39, 0.29) is 21.7 Å². The second-order valence-electron chi connectivity index (χ2n) is 6.58. The number of amides is 2. The van der Waals surface area contributed by atoms with Crippen molar-refractivity contribution >= 4 is 34.7 Å². The fourth-order valence-electron chi connectivity index (χ4n) is 3.07. The fourth-order valence-corrected chi connectivity index (χ4v) is 3.91. The number of carbonyl (C=O) groups is 2. The molecule has 1 fully saturated rings. The van der Waals surface area contributed by atoms with Gasteiger partial charge in [0.05, 0.1) is 9.83 Å². The first-order valence-corrected chi connectivity index (χ1v) is 9.97. The van der Waals surface area contributed by atoms with Gasteiger partial charge in [0.15, 0.2) is 0 Å². The standard InChI is InChI=1S/C22H16N2O5S/c25-21-20(30-22(26)23(21)12-11-15-5-2-1-3-6-15)14-18-9-10-19(29-18)16-7-4-8-17(13-16)24(27)28/h1-10,13-14H,11-12H2/b20-14+. The van der Waals surface area contributed by atoms with E-state index in [0.29, 0.717) is 30.0 Å². The van der Waals surface area contributed by atoms with Crippen LogP contribution in [0.1, 0.15) is 11.3 Å². The maximum absolute atomic E-state index is 12.6. The number of nitrogens with zero attached hydrogens (tertiary/aromatic N) is 2. The molecule has 1 aliphatic heterocycles. The molecule has 0 bridgehead atoms. The van der Waals surface area contributed by atoms with Crippen molar-refractivity contribution in [1.29, 1.82) is 0 Å². The summed E-state index contributed by atoms with van der Waals surface area (Å²) in [4.78, 5) is 36.9. The van der Waals surface area contributed by atoms with Crippen molar-refractivity contribution in [2.75, 3.05) is 6.54 Å². The average Bonchev–Trinajstić information content (AvgIpc) is 3.32. The van der Waals surface area contributed by atoms with E-state index in [0.717, 1.165) is 17.3 Å². The molecule has 0 atom stereocenters. The SMILES string of the molecule is O=C1S/C(=C/c2ccc(-c3cccc([N+](=O)[O-])c3)o2)C(=O)N1CCc1ccccc1. The molecular weight excluding hydrogens is 404 g/mol. The van der Waals surface area contributed by atoms with Gasteiger partial charge in [-0.2, -0.15) is 0 Å². The molecule has 0 spiro atoms. The van der Waals surface area contributed by atoms with Crippen LogP contribution in [0.4, 0.5) is 10.5 Å². The molecule has 150 valence electrons. The fraction of sp³-hybridized carbons (Fsp3) is 0.0909. The maximum atomic E-state index is 12.6. The van der Waals surface area contributed by atoms with Gasteiger partial charge in [-0.15, -0.1) is 0 Å². The highest BCUT2D eigenvalue weighted by atomic mass is 32.2. The monoisotopic (exact) mass is 420 g/mol. The molecule has 2 heterocycles. The van der Waals surface area contributed by atoms with E-state index in [1.54, 1.807) is 24.3 Å². The third-order valence-corrected chi connectivity index (χ3v) is 5.49. The predicted octanol–water partition coefficient (Wildman–Crippen LogP) is 5.13. The Morgan fingerprint density at radius 1 is 1.03 bits per heavy atom. The Morgan fingerprint density at radius 2 is 1.83 bits per heavy atom. The molecular formula is C22H16N2O5S. The summed E-state index contributed by atoms with van der Waals surface area (Å²) in [5, 5.41) is 10.6. The van der Waals surface area contributed by atoms with Crippen LogP contribution in [0, 0.1) is 10.1 Å². The Kier molecular flexibility index (Phi) is 5.49. The minimum Gasteiger partial charge on any atom is -0.457 e. The lowest BCUT2D eigenvalue weighted by atomic mass is 10.1. The summed E-state index contributed by atoms with van der Waals surface area (Å²) in [7, 11) is 0. The van der Waals surface area contributed by atoms with Crippen LogP contribution < -0.4 is 0 Å². The number of benzene rings is 2. The van der Waals surface area contributed by atoms with Gasteiger partial charge < -0.3 is 4.42 Å². The lowest BCUT2D eigenvalue weighted by Crippen LogP contribution is -2.30. The van der Waals surface area contributed by atoms with Crippen molar-refractivity contribution in [3.8, 4) is 11.3 Å². The van der Waals surface area contributed by atoms with Crippen LogP contribution in [0.2, 0.25) is 0 Å². The van der Waals surface area contributed by atoms with Gasteiger partial charge in [0.25, 0.3) is 16.8 Å². The Labute approximate surface area is 176 Å². The highest BCUT2D eigenvalue weighted by Gasteiger charge is 2.34. The van der Waals surface area contributed by atoms with E-state index in [2.05, 4.69) is 0 Å². The van der Waals surface area contributed by atoms with Crippen molar-refractivity contribution in [2.45, 2.75) is 6.42 Å². The Bertz CT molecular complexity index is 1150. The van der Waals surface area contributed by atoms with Crippen LogP contribution in [0.15, 0.2) is 76.1 Å². The minimum atomic E-state index is -0.473. The van der Waals surface area contributed by atoms with Crippen LogP contribution >= 0.6 is 11.8 Å². The van der Waals surface area contributed by atoms with Crippen LogP contribution in [0.3, 0.4) is 0 Å². The maximum Gasteiger partial charge on any atom is 0.293 e. The van der Waals surface area contributed by atoms with Crippen molar-refractivity contribution < 1.29 is 18.9 Å². The quantitative estimate of drug-likeness (QED) is 0.312. The Morgan fingerprint density at radius 3 is 2.60 bits per heavy atom. The molecule has 0 unspecified atom stereocenters. The summed E-state index contributed by atoms with van der Waals surface area (Å²) in [6.07, 6.45) is 2.11. The van der Waals surface area contributed by atoms with Crippen molar-refractivity contribution in [3.05, 3.63) is 93.1 Å². The number of rotatable bonds is 6. The van der Waals surface area contributed by atoms with Crippen LogP contribution in [0.5, 0.6) is 0 Å². The summed E-state index contributed by atoms with van der Waals surface area (Å²) in [5.41, 5.74) is 1.57. The number of hydrogen-bond donors (Lipinski definition) is 0. The number of thioether (sulfide) groups is 1. The Balaban J connectivity index is 1.49. The third-order valence-electron chi connectivity index (χ3n) is 4.58. The van der Waals surface area contributed by atoms with E-state index in [1.807, 2.05) is 30.3 Å². The highest BCUT2D eigenvalue weighted by Crippen LogP contribution is 2.33. The molecule has 1 aromatic heterocycles. The lowest BCUT2D eigenvalue weighted by Gasteiger charge is -2.11. The van der Waals surface area contributed by atoms with Gasteiger partial charge in [0.1, 0.15) is 11.5 Å². The first kappa shape index (κ1) is 19.7. The molecule has 1 saturated heterocycles. The van der Waals surface area contributed by atoms with Crippen molar-refractivity contribution in [2.24, 2.45) is 0 Å². The second kappa shape index (κ2) is 8.38. The van der Waals surface area contributed by atoms with Gasteiger partial charge in [-0.05, 0) is 35.9 Å².